The van der Waals surface area contributed by atoms with Crippen molar-refractivity contribution in [2.75, 3.05) is 15.5 Å². The van der Waals surface area contributed by atoms with E-state index in [1.807, 2.05) is 12.1 Å². The lowest BCUT2D eigenvalue weighted by Crippen LogP contribution is -2.32. The van der Waals surface area contributed by atoms with E-state index in [4.69, 9.17) is 34.8 Å². The second kappa shape index (κ2) is 10.1. The van der Waals surface area contributed by atoms with Crippen molar-refractivity contribution in [2.45, 2.75) is 19.8 Å². The number of carbonyl (C=O) groups is 3. The first kappa shape index (κ1) is 24.8. The first-order valence-electron chi connectivity index (χ1n) is 10.7. The normalized spacial score (nSPS) is 13.6. The summed E-state index contributed by atoms with van der Waals surface area (Å²) in [6.07, 6.45) is 0. The largest absolute Gasteiger partial charge is 0.350 e. The Kier molecular flexibility index (Phi) is 7.17. The van der Waals surface area contributed by atoms with E-state index < -0.39 is 11.8 Å². The van der Waals surface area contributed by atoms with Crippen LogP contribution in [0.3, 0.4) is 0 Å². The number of hydrogen-bond donors (Lipinski definition) is 2. The standard InChI is InChI=1S/C26H20Cl3N3O3/c1-14(2)15-5-9-21(10-6-15)32-25(34)22(29)23(26(32)35)30-19-7-3-16(4-8-19)24(33)31-20-12-17(27)11-18(28)13-20/h3-14,30H,1-2H3,(H,31,33). The van der Waals surface area contributed by atoms with E-state index in [0.717, 1.165) is 10.5 Å². The van der Waals surface area contributed by atoms with Crippen molar-refractivity contribution in [1.82, 2.24) is 0 Å². The van der Waals surface area contributed by atoms with Crippen LogP contribution in [0.2, 0.25) is 10.0 Å². The first-order valence-corrected chi connectivity index (χ1v) is 11.8. The van der Waals surface area contributed by atoms with Gasteiger partial charge in [-0.15, -0.1) is 0 Å². The van der Waals surface area contributed by atoms with Crippen molar-refractivity contribution in [3.63, 3.8) is 0 Å². The highest BCUT2D eigenvalue weighted by atomic mass is 35.5. The van der Waals surface area contributed by atoms with Crippen LogP contribution in [-0.2, 0) is 9.59 Å². The number of nitrogens with zero attached hydrogens (tertiary/aromatic N) is 1. The molecule has 0 radical (unpaired) electrons. The van der Waals surface area contributed by atoms with Gasteiger partial charge < -0.3 is 10.6 Å². The number of hydrogen-bond acceptors (Lipinski definition) is 4. The topological polar surface area (TPSA) is 78.5 Å². The lowest BCUT2D eigenvalue weighted by molar-refractivity contribution is -0.120. The third-order valence-corrected chi connectivity index (χ3v) is 6.17. The molecule has 0 bridgehead atoms. The van der Waals surface area contributed by atoms with Crippen LogP contribution in [0.5, 0.6) is 0 Å². The SMILES string of the molecule is CC(C)c1ccc(N2C(=O)C(Cl)=C(Nc3ccc(C(=O)Nc4cc(Cl)cc(Cl)c4)cc3)C2=O)cc1. The van der Waals surface area contributed by atoms with E-state index in [0.29, 0.717) is 38.6 Å². The van der Waals surface area contributed by atoms with Crippen LogP contribution in [0.15, 0.2) is 77.5 Å². The summed E-state index contributed by atoms with van der Waals surface area (Å²) < 4.78 is 0. The first-order chi connectivity index (χ1) is 16.6. The van der Waals surface area contributed by atoms with E-state index in [9.17, 15) is 14.4 Å². The number of nitrogens with one attached hydrogen (secondary N) is 2. The van der Waals surface area contributed by atoms with Gasteiger partial charge in [0.15, 0.2) is 0 Å². The van der Waals surface area contributed by atoms with Gasteiger partial charge in [0.05, 0.1) is 5.69 Å². The summed E-state index contributed by atoms with van der Waals surface area (Å²) in [4.78, 5) is 39.3. The maximum Gasteiger partial charge on any atom is 0.283 e. The number of carbonyl (C=O) groups excluding carboxylic acids is 3. The minimum Gasteiger partial charge on any atom is -0.350 e. The maximum absolute atomic E-state index is 13.0. The lowest BCUT2D eigenvalue weighted by Gasteiger charge is -2.16. The summed E-state index contributed by atoms with van der Waals surface area (Å²) in [5.41, 5.74) is 2.81. The van der Waals surface area contributed by atoms with Crippen LogP contribution in [0.1, 0.15) is 35.7 Å². The quantitative estimate of drug-likeness (QED) is 0.345. The minimum absolute atomic E-state index is 0.0321. The van der Waals surface area contributed by atoms with Gasteiger partial charge in [0.2, 0.25) is 0 Å². The van der Waals surface area contributed by atoms with Crippen LogP contribution in [0.25, 0.3) is 0 Å². The predicted octanol–water partition coefficient (Wildman–Crippen LogP) is 6.80. The fraction of sp³-hybridized carbons (Fsp3) is 0.115. The molecule has 0 saturated heterocycles. The molecule has 1 aliphatic heterocycles. The van der Waals surface area contributed by atoms with Crippen molar-refractivity contribution < 1.29 is 14.4 Å². The van der Waals surface area contributed by atoms with Gasteiger partial charge in [-0.3, -0.25) is 14.4 Å². The number of amides is 3. The summed E-state index contributed by atoms with van der Waals surface area (Å²) in [5, 5.41) is 6.22. The Balaban J connectivity index is 1.47. The van der Waals surface area contributed by atoms with Gasteiger partial charge in [-0.25, -0.2) is 4.90 Å². The number of imide groups is 1. The molecule has 0 unspecified atom stereocenters. The molecular weight excluding hydrogens is 509 g/mol. The molecule has 6 nitrogen and oxygen atoms in total. The van der Waals surface area contributed by atoms with E-state index in [2.05, 4.69) is 24.5 Å². The van der Waals surface area contributed by atoms with Crippen molar-refractivity contribution in [3.8, 4) is 0 Å². The molecule has 0 fully saturated rings. The van der Waals surface area contributed by atoms with Crippen LogP contribution < -0.4 is 15.5 Å². The number of anilines is 3. The molecule has 0 saturated carbocycles. The highest BCUT2D eigenvalue weighted by molar-refractivity contribution is 6.53. The third-order valence-electron chi connectivity index (χ3n) is 5.38. The minimum atomic E-state index is -0.604. The highest BCUT2D eigenvalue weighted by Gasteiger charge is 2.39. The Labute approximate surface area is 217 Å². The van der Waals surface area contributed by atoms with Gasteiger partial charge in [-0.05, 0) is 66.1 Å². The Morgan fingerprint density at radius 2 is 1.40 bits per heavy atom. The molecule has 3 aromatic carbocycles. The average molecular weight is 529 g/mol. The zero-order valence-corrected chi connectivity index (χ0v) is 21.0. The lowest BCUT2D eigenvalue weighted by atomic mass is 10.0. The van der Waals surface area contributed by atoms with Gasteiger partial charge >= 0.3 is 0 Å². The van der Waals surface area contributed by atoms with Crippen molar-refractivity contribution in [1.29, 1.82) is 0 Å². The Hall–Kier alpha value is -3.32. The second-order valence-corrected chi connectivity index (χ2v) is 9.45. The molecule has 4 rings (SSSR count). The molecule has 2 N–H and O–H groups in total. The molecule has 0 spiro atoms. The van der Waals surface area contributed by atoms with Gasteiger partial charge in [0, 0.05) is 27.0 Å². The number of rotatable bonds is 6. The fourth-order valence-corrected chi connectivity index (χ4v) is 4.27. The fourth-order valence-electron chi connectivity index (χ4n) is 3.53. The van der Waals surface area contributed by atoms with Crippen LogP contribution in [0, 0.1) is 0 Å². The third kappa shape index (κ3) is 5.35. The summed E-state index contributed by atoms with van der Waals surface area (Å²) in [7, 11) is 0. The zero-order chi connectivity index (χ0) is 25.3. The Morgan fingerprint density at radius 3 is 1.97 bits per heavy atom. The summed E-state index contributed by atoms with van der Waals surface area (Å²) in [5.74, 6) is -1.21. The smallest absolute Gasteiger partial charge is 0.283 e. The molecule has 178 valence electrons. The molecule has 0 aromatic heterocycles. The predicted molar refractivity (Wildman–Crippen MR) is 140 cm³/mol. The van der Waals surface area contributed by atoms with Crippen LogP contribution >= 0.6 is 34.8 Å². The van der Waals surface area contributed by atoms with E-state index >= 15 is 0 Å². The van der Waals surface area contributed by atoms with Crippen molar-refractivity contribution >= 4 is 69.6 Å². The number of benzene rings is 3. The molecule has 9 heteroatoms. The average Bonchev–Trinajstić information content (AvgIpc) is 3.02. The van der Waals surface area contributed by atoms with Gasteiger partial charge in [0.1, 0.15) is 10.7 Å². The van der Waals surface area contributed by atoms with Gasteiger partial charge in [-0.1, -0.05) is 60.8 Å². The molecule has 1 aliphatic rings. The van der Waals surface area contributed by atoms with Crippen molar-refractivity contribution in [2.24, 2.45) is 0 Å². The van der Waals surface area contributed by atoms with Crippen molar-refractivity contribution in [3.05, 3.63) is 98.6 Å². The second-order valence-electron chi connectivity index (χ2n) is 8.20. The van der Waals surface area contributed by atoms with Crippen LogP contribution in [0.4, 0.5) is 17.1 Å². The summed E-state index contributed by atoms with van der Waals surface area (Å²) >= 11 is 18.2. The summed E-state index contributed by atoms with van der Waals surface area (Å²) in [6.45, 7) is 4.12. The molecule has 1 heterocycles. The van der Waals surface area contributed by atoms with E-state index in [1.165, 1.54) is 0 Å². The summed E-state index contributed by atoms with van der Waals surface area (Å²) in [6, 6.07) is 18.3. The molecular formula is C26H20Cl3N3O3. The molecule has 0 atom stereocenters. The molecule has 3 aromatic rings. The zero-order valence-electron chi connectivity index (χ0n) is 18.7. The monoisotopic (exact) mass is 527 g/mol. The van der Waals surface area contributed by atoms with E-state index in [-0.39, 0.29) is 16.6 Å². The van der Waals surface area contributed by atoms with Crippen LogP contribution in [-0.4, -0.2) is 17.7 Å². The molecule has 0 aliphatic carbocycles. The van der Waals surface area contributed by atoms with Gasteiger partial charge in [-0.2, -0.15) is 0 Å². The van der Waals surface area contributed by atoms with E-state index in [1.54, 1.807) is 54.6 Å². The van der Waals surface area contributed by atoms with Gasteiger partial charge in [0.25, 0.3) is 17.7 Å². The Bertz CT molecular complexity index is 1330. The highest BCUT2D eigenvalue weighted by Crippen LogP contribution is 2.31. The number of halogens is 3. The maximum atomic E-state index is 13.0. The Morgan fingerprint density at radius 1 is 0.800 bits per heavy atom. The molecule has 3 amide bonds. The molecule has 35 heavy (non-hydrogen) atoms.